The van der Waals surface area contributed by atoms with Crippen LogP contribution in [0.25, 0.3) is 0 Å². The van der Waals surface area contributed by atoms with Gasteiger partial charge in [-0.05, 0) is 49.1 Å². The summed E-state index contributed by atoms with van der Waals surface area (Å²) in [5, 5.41) is 10.4. The van der Waals surface area contributed by atoms with Gasteiger partial charge in [0.05, 0.1) is 12.1 Å². The maximum absolute atomic E-state index is 10.4. The standard InChI is InChI=1S/C14H18N2O/c1-8-3-2-4-15-14(8)16-7-10-5-9-6-11(10)12(16)13(9)17/h2-4,9-13,17H,5-7H2,1H3. The van der Waals surface area contributed by atoms with Gasteiger partial charge in [-0.3, -0.25) is 0 Å². The molecule has 1 aromatic rings. The lowest BCUT2D eigenvalue weighted by Crippen LogP contribution is -2.41. The second-order valence-electron chi connectivity index (χ2n) is 5.93. The molecule has 5 atom stereocenters. The lowest BCUT2D eigenvalue weighted by Gasteiger charge is -2.30. The predicted octanol–water partition coefficient (Wildman–Crippen LogP) is 1.60. The third-order valence-electron chi connectivity index (χ3n) is 5.10. The summed E-state index contributed by atoms with van der Waals surface area (Å²) in [4.78, 5) is 6.90. The van der Waals surface area contributed by atoms with Gasteiger partial charge in [-0.15, -0.1) is 0 Å². The van der Waals surface area contributed by atoms with Crippen molar-refractivity contribution in [1.82, 2.24) is 4.98 Å². The Morgan fingerprint density at radius 2 is 2.24 bits per heavy atom. The van der Waals surface area contributed by atoms with Crippen LogP contribution in [0.4, 0.5) is 5.82 Å². The molecule has 3 nitrogen and oxygen atoms in total. The van der Waals surface area contributed by atoms with Crippen molar-refractivity contribution in [3.63, 3.8) is 0 Å². The highest BCUT2D eigenvalue weighted by Gasteiger charge is 2.59. The second-order valence-corrected chi connectivity index (χ2v) is 5.93. The summed E-state index contributed by atoms with van der Waals surface area (Å²) in [6.07, 6.45) is 4.20. The molecule has 2 saturated carbocycles. The van der Waals surface area contributed by atoms with Crippen LogP contribution in [0.15, 0.2) is 18.3 Å². The number of hydrogen-bond donors (Lipinski definition) is 1. The first-order chi connectivity index (χ1) is 8.25. The van der Waals surface area contributed by atoms with Crippen molar-refractivity contribution in [2.45, 2.75) is 31.9 Å². The van der Waals surface area contributed by atoms with Gasteiger partial charge in [-0.25, -0.2) is 4.98 Å². The number of rotatable bonds is 1. The lowest BCUT2D eigenvalue weighted by molar-refractivity contribution is 0.0965. The van der Waals surface area contributed by atoms with Crippen LogP contribution in [0.1, 0.15) is 18.4 Å². The number of fused-ring (bicyclic) bond motifs is 1. The summed E-state index contributed by atoms with van der Waals surface area (Å²) in [5.74, 6) is 3.17. The van der Waals surface area contributed by atoms with Gasteiger partial charge in [0.2, 0.25) is 0 Å². The topological polar surface area (TPSA) is 36.4 Å². The van der Waals surface area contributed by atoms with Crippen LogP contribution in [-0.4, -0.2) is 28.8 Å². The number of aliphatic hydroxyl groups is 1. The van der Waals surface area contributed by atoms with Crippen LogP contribution < -0.4 is 4.90 Å². The Balaban J connectivity index is 1.75. The highest BCUT2D eigenvalue weighted by molar-refractivity contribution is 5.50. The van der Waals surface area contributed by atoms with Gasteiger partial charge in [-0.1, -0.05) is 6.07 Å². The van der Waals surface area contributed by atoms with Crippen molar-refractivity contribution in [2.75, 3.05) is 11.4 Å². The van der Waals surface area contributed by atoms with Crippen LogP contribution in [0.5, 0.6) is 0 Å². The molecule has 0 amide bonds. The molecular formula is C14H18N2O. The van der Waals surface area contributed by atoms with Gasteiger partial charge >= 0.3 is 0 Å². The average Bonchev–Trinajstić information content (AvgIpc) is 2.90. The van der Waals surface area contributed by atoms with E-state index in [2.05, 4.69) is 22.9 Å². The molecule has 1 aliphatic heterocycles. The van der Waals surface area contributed by atoms with E-state index >= 15 is 0 Å². The number of aliphatic hydroxyl groups excluding tert-OH is 1. The molecule has 2 heterocycles. The second kappa shape index (κ2) is 3.22. The Labute approximate surface area is 101 Å². The maximum atomic E-state index is 10.4. The van der Waals surface area contributed by atoms with Gasteiger partial charge in [0.1, 0.15) is 5.82 Å². The van der Waals surface area contributed by atoms with Gasteiger partial charge in [0.15, 0.2) is 0 Å². The van der Waals surface area contributed by atoms with Crippen molar-refractivity contribution in [1.29, 1.82) is 0 Å². The summed E-state index contributed by atoms with van der Waals surface area (Å²) in [7, 11) is 0. The van der Waals surface area contributed by atoms with Crippen LogP contribution in [0, 0.1) is 24.7 Å². The number of aromatic nitrogens is 1. The molecule has 1 N–H and O–H groups in total. The summed E-state index contributed by atoms with van der Waals surface area (Å²) in [6, 6.07) is 4.44. The van der Waals surface area contributed by atoms with Gasteiger partial charge in [0, 0.05) is 12.7 Å². The maximum Gasteiger partial charge on any atom is 0.131 e. The van der Waals surface area contributed by atoms with Crippen molar-refractivity contribution in [2.24, 2.45) is 17.8 Å². The Morgan fingerprint density at radius 1 is 1.35 bits per heavy atom. The van der Waals surface area contributed by atoms with E-state index in [0.29, 0.717) is 12.0 Å². The molecule has 2 bridgehead atoms. The number of nitrogens with zero attached hydrogens (tertiary/aromatic N) is 2. The largest absolute Gasteiger partial charge is 0.391 e. The van der Waals surface area contributed by atoms with Gasteiger partial charge < -0.3 is 10.0 Å². The van der Waals surface area contributed by atoms with Crippen molar-refractivity contribution >= 4 is 5.82 Å². The fourth-order valence-corrected chi connectivity index (χ4v) is 4.44. The molecule has 90 valence electrons. The Morgan fingerprint density at radius 3 is 3.00 bits per heavy atom. The zero-order chi connectivity index (χ0) is 11.6. The van der Waals surface area contributed by atoms with Crippen molar-refractivity contribution in [3.8, 4) is 0 Å². The molecule has 1 saturated heterocycles. The normalized spacial score (nSPS) is 42.5. The quantitative estimate of drug-likeness (QED) is 0.796. The molecule has 3 aliphatic rings. The van der Waals surface area contributed by atoms with Crippen LogP contribution >= 0.6 is 0 Å². The van der Waals surface area contributed by atoms with Gasteiger partial charge in [-0.2, -0.15) is 0 Å². The smallest absolute Gasteiger partial charge is 0.131 e. The van der Waals surface area contributed by atoms with E-state index in [0.717, 1.165) is 24.2 Å². The summed E-state index contributed by atoms with van der Waals surface area (Å²) in [6.45, 7) is 3.21. The first-order valence-electron chi connectivity index (χ1n) is 6.62. The molecule has 0 radical (unpaired) electrons. The Bertz CT molecular complexity index is 459. The zero-order valence-electron chi connectivity index (χ0n) is 10.1. The predicted molar refractivity (Wildman–Crippen MR) is 65.8 cm³/mol. The zero-order valence-corrected chi connectivity index (χ0v) is 10.1. The van der Waals surface area contributed by atoms with E-state index in [9.17, 15) is 5.11 Å². The Kier molecular flexibility index (Phi) is 1.88. The molecule has 1 aromatic heterocycles. The van der Waals surface area contributed by atoms with E-state index in [1.54, 1.807) is 0 Å². The summed E-state index contributed by atoms with van der Waals surface area (Å²) < 4.78 is 0. The lowest BCUT2D eigenvalue weighted by atomic mass is 9.88. The SMILES string of the molecule is Cc1cccnc1N1CC2CC3CC2C1C3O. The highest BCUT2D eigenvalue weighted by atomic mass is 16.3. The molecule has 3 heteroatoms. The van der Waals surface area contributed by atoms with Crippen LogP contribution in [0.2, 0.25) is 0 Å². The average molecular weight is 230 g/mol. The molecule has 0 spiro atoms. The van der Waals surface area contributed by atoms with Crippen molar-refractivity contribution in [3.05, 3.63) is 23.9 Å². The number of pyridine rings is 1. The molecule has 17 heavy (non-hydrogen) atoms. The van der Waals surface area contributed by atoms with E-state index < -0.39 is 0 Å². The molecular weight excluding hydrogens is 212 g/mol. The third-order valence-corrected chi connectivity index (χ3v) is 5.10. The minimum atomic E-state index is -0.125. The number of anilines is 1. The summed E-state index contributed by atoms with van der Waals surface area (Å²) >= 11 is 0. The molecule has 5 unspecified atom stereocenters. The first kappa shape index (κ1) is 9.89. The van der Waals surface area contributed by atoms with E-state index in [-0.39, 0.29) is 6.10 Å². The highest BCUT2D eigenvalue weighted by Crippen LogP contribution is 2.55. The fourth-order valence-electron chi connectivity index (χ4n) is 4.44. The van der Waals surface area contributed by atoms with E-state index in [1.165, 1.54) is 18.4 Å². The molecule has 4 rings (SSSR count). The minimum absolute atomic E-state index is 0.125. The fraction of sp³-hybridized carbons (Fsp3) is 0.643. The van der Waals surface area contributed by atoms with E-state index in [4.69, 9.17) is 0 Å². The molecule has 0 aromatic carbocycles. The monoisotopic (exact) mass is 230 g/mol. The summed E-state index contributed by atoms with van der Waals surface area (Å²) in [5.41, 5.74) is 1.23. The van der Waals surface area contributed by atoms with E-state index in [1.807, 2.05) is 12.3 Å². The first-order valence-corrected chi connectivity index (χ1v) is 6.62. The molecule has 3 fully saturated rings. The minimum Gasteiger partial charge on any atom is -0.391 e. The Hall–Kier alpha value is -1.09. The van der Waals surface area contributed by atoms with Crippen LogP contribution in [0.3, 0.4) is 0 Å². The van der Waals surface area contributed by atoms with Crippen LogP contribution in [-0.2, 0) is 0 Å². The van der Waals surface area contributed by atoms with Gasteiger partial charge in [0.25, 0.3) is 0 Å². The number of aryl methyl sites for hydroxylation is 1. The number of hydrogen-bond acceptors (Lipinski definition) is 3. The molecule has 2 aliphatic carbocycles. The van der Waals surface area contributed by atoms with Crippen molar-refractivity contribution < 1.29 is 5.11 Å². The third kappa shape index (κ3) is 1.18.